The predicted octanol–water partition coefficient (Wildman–Crippen LogP) is 3.80. The standard InChI is InChI=1S/C14H25N3/c1-5-6-7-10-14(3,4)11-15-13-9-8-12(2)16-17-13/h8-9H,5-7,10-11H2,1-4H3,(H,15,17). The molecule has 0 saturated heterocycles. The summed E-state index contributed by atoms with van der Waals surface area (Å²) in [7, 11) is 0. The van der Waals surface area contributed by atoms with E-state index >= 15 is 0 Å². The van der Waals surface area contributed by atoms with Crippen LogP contribution in [0.1, 0.15) is 52.1 Å². The van der Waals surface area contributed by atoms with E-state index in [0.29, 0.717) is 5.41 Å². The Morgan fingerprint density at radius 1 is 1.18 bits per heavy atom. The van der Waals surface area contributed by atoms with Gasteiger partial charge in [-0.05, 0) is 30.9 Å². The lowest BCUT2D eigenvalue weighted by Gasteiger charge is -2.25. The van der Waals surface area contributed by atoms with E-state index in [-0.39, 0.29) is 0 Å². The SMILES string of the molecule is CCCCCC(C)(C)CNc1ccc(C)nn1. The molecular weight excluding hydrogens is 210 g/mol. The molecule has 1 aromatic rings. The number of nitrogens with one attached hydrogen (secondary N) is 1. The zero-order chi connectivity index (χ0) is 12.7. The van der Waals surface area contributed by atoms with Gasteiger partial charge in [-0.1, -0.05) is 40.0 Å². The Morgan fingerprint density at radius 3 is 2.53 bits per heavy atom. The average Bonchev–Trinajstić information content (AvgIpc) is 2.29. The normalized spacial score (nSPS) is 11.5. The third kappa shape index (κ3) is 5.66. The van der Waals surface area contributed by atoms with E-state index in [0.717, 1.165) is 18.1 Å². The van der Waals surface area contributed by atoms with Gasteiger partial charge < -0.3 is 5.32 Å². The number of hydrogen-bond acceptors (Lipinski definition) is 3. The molecule has 0 saturated carbocycles. The summed E-state index contributed by atoms with van der Waals surface area (Å²) < 4.78 is 0. The maximum absolute atomic E-state index is 4.12. The van der Waals surface area contributed by atoms with Crippen molar-refractivity contribution in [3.05, 3.63) is 17.8 Å². The number of aromatic nitrogens is 2. The minimum Gasteiger partial charge on any atom is -0.368 e. The molecule has 3 nitrogen and oxygen atoms in total. The van der Waals surface area contributed by atoms with Gasteiger partial charge in [-0.25, -0.2) is 0 Å². The maximum atomic E-state index is 4.12. The first-order valence-corrected chi connectivity index (χ1v) is 6.58. The molecule has 96 valence electrons. The molecule has 0 bridgehead atoms. The molecule has 0 aliphatic rings. The molecular formula is C14H25N3. The number of nitrogens with zero attached hydrogens (tertiary/aromatic N) is 2. The van der Waals surface area contributed by atoms with Gasteiger partial charge in [0.25, 0.3) is 0 Å². The molecule has 0 amide bonds. The summed E-state index contributed by atoms with van der Waals surface area (Å²) in [6.45, 7) is 9.75. The second kappa shape index (κ2) is 6.58. The van der Waals surface area contributed by atoms with Crippen LogP contribution in [0.3, 0.4) is 0 Å². The summed E-state index contributed by atoms with van der Waals surface area (Å²) in [5.74, 6) is 0.874. The summed E-state index contributed by atoms with van der Waals surface area (Å²) >= 11 is 0. The van der Waals surface area contributed by atoms with Gasteiger partial charge in [0.1, 0.15) is 5.82 Å². The van der Waals surface area contributed by atoms with Gasteiger partial charge in [-0.2, -0.15) is 5.10 Å². The van der Waals surface area contributed by atoms with E-state index in [1.54, 1.807) is 0 Å². The van der Waals surface area contributed by atoms with Crippen LogP contribution in [0.15, 0.2) is 12.1 Å². The molecule has 17 heavy (non-hydrogen) atoms. The molecule has 3 heteroatoms. The van der Waals surface area contributed by atoms with Gasteiger partial charge >= 0.3 is 0 Å². The third-order valence-corrected chi connectivity index (χ3v) is 3.00. The Labute approximate surface area is 105 Å². The predicted molar refractivity (Wildman–Crippen MR) is 73.2 cm³/mol. The first kappa shape index (κ1) is 13.9. The Balaban J connectivity index is 2.35. The largest absolute Gasteiger partial charge is 0.368 e. The highest BCUT2D eigenvalue weighted by Crippen LogP contribution is 2.23. The summed E-state index contributed by atoms with van der Waals surface area (Å²) in [6, 6.07) is 3.98. The van der Waals surface area contributed by atoms with Crippen molar-refractivity contribution in [2.24, 2.45) is 5.41 Å². The fourth-order valence-electron chi connectivity index (χ4n) is 1.76. The summed E-state index contributed by atoms with van der Waals surface area (Å²) in [4.78, 5) is 0. The average molecular weight is 235 g/mol. The lowest BCUT2D eigenvalue weighted by molar-refractivity contribution is 0.342. The Hall–Kier alpha value is -1.12. The fourth-order valence-corrected chi connectivity index (χ4v) is 1.76. The van der Waals surface area contributed by atoms with E-state index in [4.69, 9.17) is 0 Å². The Bertz CT molecular complexity index is 317. The van der Waals surface area contributed by atoms with Crippen molar-refractivity contribution < 1.29 is 0 Å². The minimum absolute atomic E-state index is 0.321. The van der Waals surface area contributed by atoms with E-state index in [1.165, 1.54) is 25.7 Å². The Morgan fingerprint density at radius 2 is 1.94 bits per heavy atom. The van der Waals surface area contributed by atoms with Crippen LogP contribution in [0.5, 0.6) is 0 Å². The van der Waals surface area contributed by atoms with Crippen LogP contribution < -0.4 is 5.32 Å². The van der Waals surface area contributed by atoms with Gasteiger partial charge in [-0.15, -0.1) is 5.10 Å². The number of aryl methyl sites for hydroxylation is 1. The number of hydrogen-bond donors (Lipinski definition) is 1. The second-order valence-corrected chi connectivity index (χ2v) is 5.53. The van der Waals surface area contributed by atoms with Crippen molar-refractivity contribution in [2.75, 3.05) is 11.9 Å². The molecule has 1 N–H and O–H groups in total. The first-order chi connectivity index (χ1) is 8.03. The highest BCUT2D eigenvalue weighted by atomic mass is 15.2. The molecule has 1 aromatic heterocycles. The fraction of sp³-hybridized carbons (Fsp3) is 0.714. The van der Waals surface area contributed by atoms with Crippen LogP contribution in [0.4, 0.5) is 5.82 Å². The topological polar surface area (TPSA) is 37.8 Å². The third-order valence-electron chi connectivity index (χ3n) is 3.00. The van der Waals surface area contributed by atoms with Crippen LogP contribution >= 0.6 is 0 Å². The number of unbranched alkanes of at least 4 members (excludes halogenated alkanes) is 2. The van der Waals surface area contributed by atoms with Gasteiger partial charge in [0, 0.05) is 6.54 Å². The van der Waals surface area contributed by atoms with Crippen molar-refractivity contribution in [1.82, 2.24) is 10.2 Å². The molecule has 0 spiro atoms. The first-order valence-electron chi connectivity index (χ1n) is 6.58. The minimum atomic E-state index is 0.321. The molecule has 0 aliphatic heterocycles. The molecule has 1 heterocycles. The van der Waals surface area contributed by atoms with Crippen LogP contribution in [-0.2, 0) is 0 Å². The zero-order valence-electron chi connectivity index (χ0n) is 11.6. The van der Waals surface area contributed by atoms with Crippen LogP contribution in [0, 0.1) is 12.3 Å². The van der Waals surface area contributed by atoms with Gasteiger partial charge in [0.2, 0.25) is 0 Å². The van der Waals surface area contributed by atoms with Crippen LogP contribution in [-0.4, -0.2) is 16.7 Å². The summed E-state index contributed by atoms with van der Waals surface area (Å²) in [5.41, 5.74) is 1.28. The number of anilines is 1. The molecule has 0 unspecified atom stereocenters. The Kier molecular flexibility index (Phi) is 5.39. The van der Waals surface area contributed by atoms with Crippen molar-refractivity contribution in [1.29, 1.82) is 0 Å². The number of rotatable bonds is 7. The molecule has 0 atom stereocenters. The van der Waals surface area contributed by atoms with Gasteiger partial charge in [0.05, 0.1) is 5.69 Å². The second-order valence-electron chi connectivity index (χ2n) is 5.53. The lowest BCUT2D eigenvalue weighted by Crippen LogP contribution is -2.23. The van der Waals surface area contributed by atoms with Gasteiger partial charge in [-0.3, -0.25) is 0 Å². The molecule has 0 aromatic carbocycles. The van der Waals surface area contributed by atoms with Crippen LogP contribution in [0.2, 0.25) is 0 Å². The maximum Gasteiger partial charge on any atom is 0.148 e. The molecule has 0 aliphatic carbocycles. The van der Waals surface area contributed by atoms with Crippen LogP contribution in [0.25, 0.3) is 0 Å². The van der Waals surface area contributed by atoms with Crippen molar-refractivity contribution >= 4 is 5.82 Å². The van der Waals surface area contributed by atoms with Crippen molar-refractivity contribution in [2.45, 2.75) is 53.4 Å². The van der Waals surface area contributed by atoms with E-state index in [2.05, 4.69) is 36.3 Å². The summed E-state index contributed by atoms with van der Waals surface area (Å²) in [5, 5.41) is 11.5. The molecule has 1 rings (SSSR count). The van der Waals surface area contributed by atoms with Crippen molar-refractivity contribution in [3.63, 3.8) is 0 Å². The van der Waals surface area contributed by atoms with Crippen molar-refractivity contribution in [3.8, 4) is 0 Å². The van der Waals surface area contributed by atoms with Gasteiger partial charge in [0.15, 0.2) is 0 Å². The summed E-state index contributed by atoms with van der Waals surface area (Å²) in [6.07, 6.45) is 5.18. The van der Waals surface area contributed by atoms with E-state index in [1.807, 2.05) is 19.1 Å². The zero-order valence-corrected chi connectivity index (χ0v) is 11.6. The highest BCUT2D eigenvalue weighted by molar-refractivity contribution is 5.32. The molecule has 0 fully saturated rings. The quantitative estimate of drug-likeness (QED) is 0.730. The van der Waals surface area contributed by atoms with E-state index < -0.39 is 0 Å². The monoisotopic (exact) mass is 235 g/mol. The highest BCUT2D eigenvalue weighted by Gasteiger charge is 2.17. The smallest absolute Gasteiger partial charge is 0.148 e. The van der Waals surface area contributed by atoms with E-state index in [9.17, 15) is 0 Å². The molecule has 0 radical (unpaired) electrons. The lowest BCUT2D eigenvalue weighted by atomic mass is 9.87.